The molecule has 1 amide bonds. The largest absolute Gasteiger partial charge is 0.494 e. The van der Waals surface area contributed by atoms with Crippen molar-refractivity contribution in [3.05, 3.63) is 66.1 Å². The molecule has 0 spiro atoms. The van der Waals surface area contributed by atoms with E-state index in [1.54, 1.807) is 4.90 Å². The van der Waals surface area contributed by atoms with Crippen molar-refractivity contribution in [3.63, 3.8) is 0 Å². The lowest BCUT2D eigenvalue weighted by Gasteiger charge is -2.32. The third-order valence-corrected chi connectivity index (χ3v) is 5.14. The lowest BCUT2D eigenvalue weighted by molar-refractivity contribution is -0.180. The van der Waals surface area contributed by atoms with Gasteiger partial charge >= 0.3 is 6.09 Å². The van der Waals surface area contributed by atoms with E-state index in [1.807, 2.05) is 56.3 Å². The topological polar surface area (TPSA) is 57.2 Å². The van der Waals surface area contributed by atoms with Crippen LogP contribution in [0.25, 0.3) is 0 Å². The summed E-state index contributed by atoms with van der Waals surface area (Å²) < 4.78 is 22.5. The van der Waals surface area contributed by atoms with Gasteiger partial charge in [-0.25, -0.2) is 4.79 Å². The van der Waals surface area contributed by atoms with E-state index in [0.29, 0.717) is 26.3 Å². The minimum atomic E-state index is -0.622. The molecule has 0 aromatic heterocycles. The highest BCUT2D eigenvalue weighted by Crippen LogP contribution is 2.35. The molecule has 1 radical (unpaired) electrons. The molecule has 2 aliphatic rings. The molecular weight excluding hydrogens is 370 g/mol. The van der Waals surface area contributed by atoms with Crippen molar-refractivity contribution in [2.45, 2.75) is 38.8 Å². The van der Waals surface area contributed by atoms with Crippen molar-refractivity contribution in [3.8, 4) is 11.5 Å². The molecule has 1 fully saturated rings. The van der Waals surface area contributed by atoms with E-state index in [-0.39, 0.29) is 12.2 Å². The fourth-order valence-electron chi connectivity index (χ4n) is 3.56. The summed E-state index contributed by atoms with van der Waals surface area (Å²) in [4.78, 5) is 14.1. The van der Waals surface area contributed by atoms with Crippen LogP contribution in [-0.4, -0.2) is 36.5 Å². The van der Waals surface area contributed by atoms with Gasteiger partial charge in [-0.3, -0.25) is 0 Å². The lowest BCUT2D eigenvalue weighted by Crippen LogP contribution is -2.35. The van der Waals surface area contributed by atoms with Gasteiger partial charge in [0.25, 0.3) is 0 Å². The van der Waals surface area contributed by atoms with Gasteiger partial charge < -0.3 is 23.8 Å². The van der Waals surface area contributed by atoms with E-state index in [1.165, 1.54) is 0 Å². The smallest absolute Gasteiger partial charge is 0.410 e. The van der Waals surface area contributed by atoms with Crippen molar-refractivity contribution in [2.24, 2.45) is 0 Å². The molecule has 2 aromatic rings. The molecule has 4 rings (SSSR count). The van der Waals surface area contributed by atoms with Gasteiger partial charge in [0, 0.05) is 26.0 Å². The number of fused-ring (bicyclic) bond motifs is 1. The molecular formula is C23H26NO5. The van der Waals surface area contributed by atoms with Crippen LogP contribution in [0.5, 0.6) is 11.5 Å². The van der Waals surface area contributed by atoms with Crippen molar-refractivity contribution in [1.82, 2.24) is 4.90 Å². The Morgan fingerprint density at radius 3 is 2.76 bits per heavy atom. The van der Waals surface area contributed by atoms with Crippen molar-refractivity contribution >= 4 is 6.09 Å². The minimum absolute atomic E-state index is 0.279. The van der Waals surface area contributed by atoms with Crippen LogP contribution in [0.3, 0.4) is 0 Å². The zero-order chi connectivity index (χ0) is 20.4. The number of ether oxygens (including phenoxy) is 4. The zero-order valence-corrected chi connectivity index (χ0v) is 16.8. The Bertz CT molecular complexity index is 877. The second-order valence-electron chi connectivity index (χ2n) is 7.72. The van der Waals surface area contributed by atoms with Crippen molar-refractivity contribution < 1.29 is 23.7 Å². The highest BCUT2D eigenvalue weighted by atomic mass is 16.7. The number of hydrogen-bond donors (Lipinski definition) is 0. The fraction of sp³-hybridized carbons (Fsp3) is 0.391. The van der Waals surface area contributed by atoms with Crippen LogP contribution in [0.2, 0.25) is 0 Å². The first-order valence-electron chi connectivity index (χ1n) is 9.86. The first-order valence-corrected chi connectivity index (χ1v) is 9.86. The van der Waals surface area contributed by atoms with E-state index >= 15 is 0 Å². The van der Waals surface area contributed by atoms with Gasteiger partial charge in [0.2, 0.25) is 5.79 Å². The third kappa shape index (κ3) is 4.48. The summed E-state index contributed by atoms with van der Waals surface area (Å²) in [7, 11) is 0. The average Bonchev–Trinajstić information content (AvgIpc) is 3.07. The number of benzene rings is 2. The van der Waals surface area contributed by atoms with Crippen molar-refractivity contribution in [1.29, 1.82) is 0 Å². The first-order chi connectivity index (χ1) is 13.9. The van der Waals surface area contributed by atoms with Crippen LogP contribution in [-0.2, 0) is 22.5 Å². The number of rotatable bonds is 6. The zero-order valence-electron chi connectivity index (χ0n) is 16.8. The Morgan fingerprint density at radius 1 is 1.21 bits per heavy atom. The number of amides is 1. The van der Waals surface area contributed by atoms with Crippen LogP contribution in [0.4, 0.5) is 4.79 Å². The van der Waals surface area contributed by atoms with Crippen LogP contribution in [0.1, 0.15) is 36.6 Å². The van der Waals surface area contributed by atoms with E-state index in [9.17, 15) is 4.79 Å². The number of cyclic esters (lactones) is 1. The fourth-order valence-corrected chi connectivity index (χ4v) is 3.56. The molecule has 0 bridgehead atoms. The molecule has 6 nitrogen and oxygen atoms in total. The van der Waals surface area contributed by atoms with Crippen LogP contribution in [0, 0.1) is 6.92 Å². The van der Waals surface area contributed by atoms with Crippen LogP contribution >= 0.6 is 0 Å². The molecule has 2 aliphatic heterocycles. The summed E-state index contributed by atoms with van der Waals surface area (Å²) in [6, 6.07) is 13.8. The third-order valence-electron chi connectivity index (χ3n) is 5.14. The van der Waals surface area contributed by atoms with Gasteiger partial charge in [0.05, 0.1) is 19.8 Å². The number of carbonyl (C=O) groups excluding carboxylic acids is 1. The quantitative estimate of drug-likeness (QED) is 0.729. The van der Waals surface area contributed by atoms with Crippen molar-refractivity contribution in [2.75, 3.05) is 19.7 Å². The second-order valence-corrected chi connectivity index (χ2v) is 7.72. The molecule has 0 N–H and O–H groups in total. The maximum Gasteiger partial charge on any atom is 0.410 e. The Kier molecular flexibility index (Phi) is 5.37. The molecule has 1 saturated heterocycles. The summed E-state index contributed by atoms with van der Waals surface area (Å²) in [5.74, 6) is 0.994. The van der Waals surface area contributed by atoms with Gasteiger partial charge in [0.1, 0.15) is 17.6 Å². The Balaban J connectivity index is 1.37. The average molecular weight is 396 g/mol. The Hall–Kier alpha value is -2.73. The van der Waals surface area contributed by atoms with Gasteiger partial charge in [0.15, 0.2) is 0 Å². The molecule has 0 saturated carbocycles. The summed E-state index contributed by atoms with van der Waals surface area (Å²) in [5, 5.41) is 0. The predicted octanol–water partition coefficient (Wildman–Crippen LogP) is 4.28. The number of carbonyl (C=O) groups is 1. The van der Waals surface area contributed by atoms with Crippen LogP contribution in [0.15, 0.2) is 42.5 Å². The van der Waals surface area contributed by atoms with E-state index in [0.717, 1.165) is 34.6 Å². The highest BCUT2D eigenvalue weighted by Gasteiger charge is 2.33. The molecule has 1 atom stereocenters. The SMILES string of the molecule is [CH2]COc1ccc(CCN2C[C@@H](c3ccc4c(c3)COC(C)(C)O4)OC2=O)cc1. The standard InChI is InChI=1S/C23H26NO5/c1-4-26-19-8-5-16(6-9-19)11-12-24-14-21(28-22(24)25)17-7-10-20-18(13-17)15-27-23(2,3)29-20/h5-10,13,21H,1,4,11-12,14-15H2,2-3H3/t21-/m0/s1. The summed E-state index contributed by atoms with van der Waals surface area (Å²) in [6.07, 6.45) is 0.196. The number of hydrogen-bond acceptors (Lipinski definition) is 5. The molecule has 29 heavy (non-hydrogen) atoms. The molecule has 0 aliphatic carbocycles. The molecule has 0 unspecified atom stereocenters. The normalized spacial score (nSPS) is 20.0. The van der Waals surface area contributed by atoms with Crippen LogP contribution < -0.4 is 9.47 Å². The predicted molar refractivity (Wildman–Crippen MR) is 108 cm³/mol. The van der Waals surface area contributed by atoms with E-state index in [4.69, 9.17) is 18.9 Å². The van der Waals surface area contributed by atoms with Gasteiger partial charge in [-0.1, -0.05) is 18.2 Å². The monoisotopic (exact) mass is 396 g/mol. The Morgan fingerprint density at radius 2 is 2.00 bits per heavy atom. The maximum absolute atomic E-state index is 12.3. The molecule has 2 aromatic carbocycles. The molecule has 2 heterocycles. The number of nitrogens with zero attached hydrogens (tertiary/aromatic N) is 1. The van der Waals surface area contributed by atoms with Gasteiger partial charge in [-0.15, -0.1) is 0 Å². The van der Waals surface area contributed by atoms with Gasteiger partial charge in [-0.05, 0) is 48.7 Å². The first kappa shape index (κ1) is 19.6. The summed E-state index contributed by atoms with van der Waals surface area (Å²) >= 11 is 0. The molecule has 153 valence electrons. The molecule has 6 heteroatoms. The Labute approximate surface area is 171 Å². The van der Waals surface area contributed by atoms with E-state index in [2.05, 4.69) is 6.92 Å². The summed E-state index contributed by atoms with van der Waals surface area (Å²) in [6.45, 7) is 9.48. The van der Waals surface area contributed by atoms with E-state index < -0.39 is 5.79 Å². The summed E-state index contributed by atoms with van der Waals surface area (Å²) in [5.41, 5.74) is 3.07. The van der Waals surface area contributed by atoms with Gasteiger partial charge in [-0.2, -0.15) is 0 Å². The lowest BCUT2D eigenvalue weighted by atomic mass is 10.0. The minimum Gasteiger partial charge on any atom is -0.494 e. The maximum atomic E-state index is 12.3. The second kappa shape index (κ2) is 7.95. The highest BCUT2D eigenvalue weighted by molar-refractivity contribution is 5.70.